The molecule has 0 aliphatic heterocycles. The highest BCUT2D eigenvalue weighted by Gasteiger charge is 2.17. The number of ether oxygens (including phenoxy) is 2. The van der Waals surface area contributed by atoms with Crippen LogP contribution < -0.4 is 9.47 Å². The Bertz CT molecular complexity index is 1200. The monoisotopic (exact) mass is 454 g/mol. The molecule has 0 amide bonds. The Hall–Kier alpha value is -3.10. The van der Waals surface area contributed by atoms with Gasteiger partial charge in [0.15, 0.2) is 17.3 Å². The lowest BCUT2D eigenvalue weighted by Crippen LogP contribution is -1.95. The van der Waals surface area contributed by atoms with Gasteiger partial charge in [0.25, 0.3) is 0 Å². The van der Waals surface area contributed by atoms with E-state index < -0.39 is 0 Å². The molecule has 0 N–H and O–H groups in total. The van der Waals surface area contributed by atoms with E-state index in [2.05, 4.69) is 20.1 Å². The maximum absolute atomic E-state index is 5.98. The van der Waals surface area contributed by atoms with E-state index in [1.807, 2.05) is 55.5 Å². The van der Waals surface area contributed by atoms with Crippen LogP contribution in [0, 0.1) is 6.92 Å². The van der Waals surface area contributed by atoms with Crippen molar-refractivity contribution < 1.29 is 14.0 Å². The van der Waals surface area contributed by atoms with E-state index in [4.69, 9.17) is 25.6 Å². The summed E-state index contributed by atoms with van der Waals surface area (Å²) in [6, 6.07) is 14.9. The second-order valence-electron chi connectivity index (χ2n) is 6.52. The summed E-state index contributed by atoms with van der Waals surface area (Å²) in [5, 5.41) is 5.58. The van der Waals surface area contributed by atoms with Gasteiger partial charge in [-0.25, -0.2) is 9.97 Å². The first-order chi connectivity index (χ1) is 15.1. The number of hydrogen-bond acceptors (Lipinski definition) is 8. The molecular weight excluding hydrogens is 436 g/mol. The lowest BCUT2D eigenvalue weighted by molar-refractivity contribution is 0.355. The molecule has 2 aromatic carbocycles. The van der Waals surface area contributed by atoms with Crippen LogP contribution >= 0.6 is 23.4 Å². The number of nitrogens with zero attached hydrogens (tertiary/aromatic N) is 4. The Morgan fingerprint density at radius 1 is 0.968 bits per heavy atom. The maximum Gasteiger partial charge on any atom is 0.237 e. The largest absolute Gasteiger partial charge is 0.493 e. The molecule has 0 unspecified atom stereocenters. The van der Waals surface area contributed by atoms with Crippen molar-refractivity contribution in [3.63, 3.8) is 0 Å². The summed E-state index contributed by atoms with van der Waals surface area (Å²) < 4.78 is 16.2. The molecule has 0 radical (unpaired) electrons. The van der Waals surface area contributed by atoms with Crippen molar-refractivity contribution in [3.8, 4) is 34.3 Å². The Morgan fingerprint density at radius 2 is 1.77 bits per heavy atom. The number of methoxy groups -OCH3 is 2. The summed E-state index contributed by atoms with van der Waals surface area (Å²) in [5.41, 5.74) is 2.47. The summed E-state index contributed by atoms with van der Waals surface area (Å²) >= 11 is 7.47. The quantitative estimate of drug-likeness (QED) is 0.268. The third-order valence-corrected chi connectivity index (χ3v) is 5.54. The van der Waals surface area contributed by atoms with Crippen molar-refractivity contribution in [3.05, 3.63) is 65.1 Å². The zero-order valence-electron chi connectivity index (χ0n) is 17.1. The lowest BCUT2D eigenvalue weighted by atomic mass is 10.2. The zero-order chi connectivity index (χ0) is 21.8. The van der Waals surface area contributed by atoms with E-state index in [0.717, 1.165) is 16.3 Å². The van der Waals surface area contributed by atoms with Gasteiger partial charge in [-0.05, 0) is 49.4 Å². The molecule has 0 fully saturated rings. The summed E-state index contributed by atoms with van der Waals surface area (Å²) in [4.78, 5) is 13.7. The smallest absolute Gasteiger partial charge is 0.237 e. The van der Waals surface area contributed by atoms with Gasteiger partial charge < -0.3 is 14.0 Å². The van der Waals surface area contributed by atoms with Crippen LogP contribution in [0.5, 0.6) is 11.5 Å². The molecule has 0 atom stereocenters. The van der Waals surface area contributed by atoms with E-state index in [0.29, 0.717) is 45.4 Å². The fraction of sp³-hybridized carbons (Fsp3) is 0.182. The van der Waals surface area contributed by atoms with Crippen LogP contribution in [0.15, 0.2) is 58.1 Å². The molecular formula is C22H19ClN4O3S. The van der Waals surface area contributed by atoms with Crippen molar-refractivity contribution in [2.24, 2.45) is 0 Å². The molecule has 7 nitrogen and oxygen atoms in total. The molecule has 9 heteroatoms. The first-order valence-electron chi connectivity index (χ1n) is 9.35. The van der Waals surface area contributed by atoms with Crippen molar-refractivity contribution in [2.45, 2.75) is 17.7 Å². The van der Waals surface area contributed by atoms with Gasteiger partial charge in [-0.3, -0.25) is 0 Å². The number of aromatic nitrogens is 4. The van der Waals surface area contributed by atoms with E-state index in [1.165, 1.54) is 11.8 Å². The molecule has 0 aliphatic rings. The molecule has 4 aromatic rings. The van der Waals surface area contributed by atoms with Crippen molar-refractivity contribution in [1.82, 2.24) is 20.1 Å². The summed E-state index contributed by atoms with van der Waals surface area (Å²) in [6.07, 6.45) is 0. The SMILES string of the molecule is COc1cccc(-c2noc(CSc3cc(C)nc(-c4ccc(Cl)cc4)n3)n2)c1OC. The molecule has 0 bridgehead atoms. The van der Waals surface area contributed by atoms with E-state index >= 15 is 0 Å². The van der Waals surface area contributed by atoms with Crippen LogP contribution in [0.4, 0.5) is 0 Å². The molecule has 2 aromatic heterocycles. The molecule has 2 heterocycles. The van der Waals surface area contributed by atoms with Crippen LogP contribution in [-0.2, 0) is 5.75 Å². The van der Waals surface area contributed by atoms with Gasteiger partial charge in [-0.15, -0.1) is 0 Å². The normalized spacial score (nSPS) is 10.8. The second kappa shape index (κ2) is 9.36. The lowest BCUT2D eigenvalue weighted by Gasteiger charge is -2.09. The van der Waals surface area contributed by atoms with Crippen LogP contribution in [-0.4, -0.2) is 34.3 Å². The third-order valence-electron chi connectivity index (χ3n) is 4.39. The second-order valence-corrected chi connectivity index (χ2v) is 7.95. The van der Waals surface area contributed by atoms with Crippen LogP contribution in [0.3, 0.4) is 0 Å². The Morgan fingerprint density at radius 3 is 2.52 bits per heavy atom. The molecule has 158 valence electrons. The number of thioether (sulfide) groups is 1. The maximum atomic E-state index is 5.98. The predicted molar refractivity (Wildman–Crippen MR) is 120 cm³/mol. The molecule has 0 aliphatic carbocycles. The van der Waals surface area contributed by atoms with Crippen molar-refractivity contribution in [2.75, 3.05) is 14.2 Å². The van der Waals surface area contributed by atoms with Gasteiger partial charge in [0.1, 0.15) is 5.03 Å². The minimum Gasteiger partial charge on any atom is -0.493 e. The van der Waals surface area contributed by atoms with Crippen LogP contribution in [0.25, 0.3) is 22.8 Å². The van der Waals surface area contributed by atoms with E-state index in [-0.39, 0.29) is 0 Å². The fourth-order valence-electron chi connectivity index (χ4n) is 2.96. The number of halogens is 1. The number of hydrogen-bond donors (Lipinski definition) is 0. The summed E-state index contributed by atoms with van der Waals surface area (Å²) in [7, 11) is 3.16. The van der Waals surface area contributed by atoms with Crippen LogP contribution in [0.1, 0.15) is 11.6 Å². The summed E-state index contributed by atoms with van der Waals surface area (Å²) in [5.74, 6) is 3.19. The average molecular weight is 455 g/mol. The third kappa shape index (κ3) is 4.81. The van der Waals surface area contributed by atoms with E-state index in [1.54, 1.807) is 14.2 Å². The van der Waals surface area contributed by atoms with Crippen molar-refractivity contribution in [1.29, 1.82) is 0 Å². The summed E-state index contributed by atoms with van der Waals surface area (Å²) in [6.45, 7) is 1.94. The molecule has 31 heavy (non-hydrogen) atoms. The average Bonchev–Trinajstić information content (AvgIpc) is 3.26. The molecule has 0 saturated heterocycles. The topological polar surface area (TPSA) is 83.2 Å². The van der Waals surface area contributed by atoms with E-state index in [9.17, 15) is 0 Å². The first kappa shape index (κ1) is 21.1. The Labute approximate surface area is 188 Å². The standard InChI is InChI=1S/C22H19ClN4O3S/c1-13-11-19(26-21(24-13)14-7-9-15(23)10-8-14)31-12-18-25-22(27-30-18)16-5-4-6-17(28-2)20(16)29-3/h4-11H,12H2,1-3H3. The van der Waals surface area contributed by atoms with Gasteiger partial charge >= 0.3 is 0 Å². The highest BCUT2D eigenvalue weighted by molar-refractivity contribution is 7.98. The highest BCUT2D eigenvalue weighted by Crippen LogP contribution is 2.36. The fourth-order valence-corrected chi connectivity index (χ4v) is 3.88. The molecule has 0 spiro atoms. The number of benzene rings is 2. The van der Waals surface area contributed by atoms with Crippen molar-refractivity contribution >= 4 is 23.4 Å². The highest BCUT2D eigenvalue weighted by atomic mass is 35.5. The number of rotatable bonds is 7. The van der Waals surface area contributed by atoms with Gasteiger partial charge in [0, 0.05) is 16.3 Å². The number of para-hydroxylation sites is 1. The van der Waals surface area contributed by atoms with Gasteiger partial charge in [-0.1, -0.05) is 34.6 Å². The number of aryl methyl sites for hydroxylation is 1. The van der Waals surface area contributed by atoms with Crippen LogP contribution in [0.2, 0.25) is 5.02 Å². The Kier molecular flexibility index (Phi) is 6.39. The first-order valence-corrected chi connectivity index (χ1v) is 10.7. The van der Waals surface area contributed by atoms with Gasteiger partial charge in [0.05, 0.1) is 25.5 Å². The minimum atomic E-state index is 0.437. The predicted octanol–water partition coefficient (Wildman–Crippen LogP) is 5.46. The minimum absolute atomic E-state index is 0.437. The Balaban J connectivity index is 1.53. The zero-order valence-corrected chi connectivity index (χ0v) is 18.7. The van der Waals surface area contributed by atoms with Gasteiger partial charge in [0.2, 0.25) is 11.7 Å². The van der Waals surface area contributed by atoms with Gasteiger partial charge in [-0.2, -0.15) is 4.98 Å². The molecule has 0 saturated carbocycles. The molecule has 4 rings (SSSR count).